The van der Waals surface area contributed by atoms with Gasteiger partial charge in [0.2, 0.25) is 0 Å². The highest BCUT2D eigenvalue weighted by Crippen LogP contribution is 2.43. The van der Waals surface area contributed by atoms with Crippen LogP contribution in [0.5, 0.6) is 0 Å². The first-order valence-corrected chi connectivity index (χ1v) is 34.6. The van der Waals surface area contributed by atoms with Crippen LogP contribution in [0.25, 0.3) is 187 Å². The SMILES string of the molecule is Cc1cc(-n2c3ccccc3c3ccccc32)ccc1-c1cc2c3ccccc3n(-c3cccc(-n4c5ccccc5c5ccccc54)c3)c2cc1C.[2H]c1c([2H])c([2H])c2c(c1[2H])c1c([2H])c([2H])c([2H])c([2H])c1n2-c1ccc(-c2ccc3c(c2)c2ccccc2n3-c2cccc(-n3c4c([2H])c([2H])c([2H])c([2H])c4c4c([2H])c([2H])c([2H])c([2H])c43)c2)cc1. The second-order valence-corrected chi connectivity index (χ2v) is 26.5. The number of hydrogen-bond donors (Lipinski definition) is 0. The van der Waals surface area contributed by atoms with E-state index in [2.05, 4.69) is 203 Å². The number of benzene rings is 16. The van der Waals surface area contributed by atoms with E-state index in [9.17, 15) is 0 Å². The molecule has 0 spiro atoms. The summed E-state index contributed by atoms with van der Waals surface area (Å²) in [4.78, 5) is 0. The van der Waals surface area contributed by atoms with Crippen LogP contribution in [0.4, 0.5) is 0 Å². The molecule has 0 aliphatic carbocycles. The van der Waals surface area contributed by atoms with Gasteiger partial charge in [-0.05, 0) is 193 Å². The quantitative estimate of drug-likeness (QED) is 0.145. The molecule has 6 heterocycles. The van der Waals surface area contributed by atoms with Crippen molar-refractivity contribution in [2.75, 3.05) is 0 Å². The van der Waals surface area contributed by atoms with Gasteiger partial charge in [0.25, 0.3) is 0 Å². The van der Waals surface area contributed by atoms with Gasteiger partial charge in [-0.1, -0.05) is 218 Å². The average molecular weight is 1340 g/mol. The van der Waals surface area contributed by atoms with E-state index in [0.717, 1.165) is 44.3 Å². The Morgan fingerprint density at radius 1 is 0.183 bits per heavy atom. The summed E-state index contributed by atoms with van der Waals surface area (Å²) in [6, 6.07) is 85.4. The number of hydrogen-bond acceptors (Lipinski definition) is 0. The zero-order chi connectivity index (χ0) is 82.6. The molecule has 0 unspecified atom stereocenters. The molecule has 0 aliphatic rings. The normalized spacial score (nSPS) is 14.1. The van der Waals surface area contributed by atoms with E-state index in [0.29, 0.717) is 17.1 Å². The van der Waals surface area contributed by atoms with E-state index >= 15 is 0 Å². The van der Waals surface area contributed by atoms with Crippen LogP contribution in [0, 0.1) is 13.8 Å². The van der Waals surface area contributed by atoms with Crippen molar-refractivity contribution in [2.45, 2.75) is 13.8 Å². The molecule has 0 saturated heterocycles. The van der Waals surface area contributed by atoms with Gasteiger partial charge in [-0.25, -0.2) is 0 Å². The smallest absolute Gasteiger partial charge is 0.0645 e. The van der Waals surface area contributed by atoms with Crippen LogP contribution in [0.15, 0.2) is 364 Å². The fraction of sp³-hybridized carbons (Fsp3) is 0.0204. The summed E-state index contributed by atoms with van der Waals surface area (Å²) in [7, 11) is 0. The van der Waals surface area contributed by atoms with Crippen LogP contribution in [-0.2, 0) is 0 Å². The molecule has 0 N–H and O–H groups in total. The summed E-state index contributed by atoms with van der Waals surface area (Å²) in [5, 5.41) is 9.40. The zero-order valence-electron chi connectivity index (χ0n) is 72.1. The molecule has 0 amide bonds. The molecular weight excluding hydrogens is 1260 g/mol. The third kappa shape index (κ3) is 9.08. The van der Waals surface area contributed by atoms with Crippen LogP contribution >= 0.6 is 0 Å². The molecule has 0 bridgehead atoms. The molecule has 0 radical (unpaired) electrons. The second-order valence-electron chi connectivity index (χ2n) is 26.5. The Labute approximate surface area is 622 Å². The number of para-hydroxylation sites is 10. The van der Waals surface area contributed by atoms with Crippen molar-refractivity contribution >= 4 is 131 Å². The van der Waals surface area contributed by atoms with Gasteiger partial charge in [-0.3, -0.25) is 0 Å². The fourth-order valence-electron chi connectivity index (χ4n) is 16.3. The Kier molecular flexibility index (Phi) is 10.2. The Hall–Kier alpha value is -13.7. The Morgan fingerprint density at radius 3 is 0.885 bits per heavy atom. The second kappa shape index (κ2) is 23.5. The molecule has 6 heteroatoms. The fourth-order valence-corrected chi connectivity index (χ4v) is 16.3. The predicted octanol–water partition coefficient (Wildman–Crippen LogP) is 25.9. The first-order chi connectivity index (χ1) is 58.1. The van der Waals surface area contributed by atoms with Gasteiger partial charge in [-0.2, -0.15) is 0 Å². The average Bonchev–Trinajstić information content (AvgIpc) is 1.54. The molecule has 488 valence electrons. The highest BCUT2D eigenvalue weighted by Gasteiger charge is 2.22. The van der Waals surface area contributed by atoms with Crippen molar-refractivity contribution in [1.82, 2.24) is 27.4 Å². The first-order valence-electron chi connectivity index (χ1n) is 42.6. The van der Waals surface area contributed by atoms with E-state index in [-0.39, 0.29) is 67.8 Å². The number of rotatable bonds is 8. The molecule has 0 fully saturated rings. The first kappa shape index (κ1) is 45.2. The van der Waals surface area contributed by atoms with Crippen LogP contribution in [0.2, 0.25) is 0 Å². The minimum atomic E-state index is -0.515. The van der Waals surface area contributed by atoms with Crippen molar-refractivity contribution in [3.8, 4) is 56.4 Å². The van der Waals surface area contributed by atoms with E-state index in [1.54, 1.807) is 24.3 Å². The van der Waals surface area contributed by atoms with Crippen molar-refractivity contribution < 1.29 is 21.9 Å². The minimum absolute atomic E-state index is 0.000238. The van der Waals surface area contributed by atoms with Gasteiger partial charge in [0.15, 0.2) is 0 Å². The highest BCUT2D eigenvalue weighted by atomic mass is 15.0. The van der Waals surface area contributed by atoms with Crippen molar-refractivity contribution in [3.63, 3.8) is 0 Å². The van der Waals surface area contributed by atoms with Gasteiger partial charge in [0.05, 0.1) is 88.1 Å². The molecule has 0 atom stereocenters. The van der Waals surface area contributed by atoms with Gasteiger partial charge >= 0.3 is 0 Å². The Bertz CT molecular complexity index is 8030. The Morgan fingerprint density at radius 2 is 0.481 bits per heavy atom. The van der Waals surface area contributed by atoms with Crippen molar-refractivity contribution in [3.05, 3.63) is 375 Å². The maximum absolute atomic E-state index is 8.98. The number of nitrogens with zero attached hydrogens (tertiary/aromatic N) is 6. The standard InChI is InChI=1S/C50H35N3.C48H31N3/c1-32-28-36(52-47-23-10-5-18-40(47)41-19-6-11-24-48(41)52)26-27-37(32)43-31-44-42-20-7-12-25-49(42)53(50(44)29-33(43)2)35-15-13-14-34(30-35)51-45-21-8-3-16-38(45)39-17-4-9-22-46(39)51;1-6-19-43-37(14-1)38-15-2-7-20-44(38)49(43)34-27-24-32(25-28-34)33-26-29-48-42(30-33)41-18-5-10-23-47(41)51(48)36-13-11-12-35(31-36)50-45-21-8-3-16-39(45)40-17-4-9-22-46(40)50/h3-31H,1-2H3;1-31H/i;1D,2D,3D,4D,6D,7D,8D,9D,14D,15D,16D,17D,19D,20D,21D,22D. The van der Waals surface area contributed by atoms with Crippen molar-refractivity contribution in [1.29, 1.82) is 0 Å². The maximum atomic E-state index is 8.98. The van der Waals surface area contributed by atoms with Crippen LogP contribution in [0.3, 0.4) is 0 Å². The molecule has 22 rings (SSSR count). The summed E-state index contributed by atoms with van der Waals surface area (Å²) < 4.78 is 151. The van der Waals surface area contributed by atoms with E-state index in [4.69, 9.17) is 21.9 Å². The lowest BCUT2D eigenvalue weighted by atomic mass is 9.94. The van der Waals surface area contributed by atoms with Gasteiger partial charge in [0, 0.05) is 98.8 Å². The van der Waals surface area contributed by atoms with Gasteiger partial charge in [-0.15, -0.1) is 0 Å². The van der Waals surface area contributed by atoms with E-state index in [1.807, 2.05) is 71.3 Å². The largest absolute Gasteiger partial charge is 0.309 e. The van der Waals surface area contributed by atoms with Gasteiger partial charge in [0.1, 0.15) is 0 Å². The van der Waals surface area contributed by atoms with Crippen LogP contribution in [0.1, 0.15) is 33.1 Å². The third-order valence-electron chi connectivity index (χ3n) is 20.8. The summed E-state index contributed by atoms with van der Waals surface area (Å²) >= 11 is 0. The predicted molar refractivity (Wildman–Crippen MR) is 439 cm³/mol. The molecule has 104 heavy (non-hydrogen) atoms. The van der Waals surface area contributed by atoms with Crippen molar-refractivity contribution in [2.24, 2.45) is 0 Å². The molecule has 0 aliphatic heterocycles. The summed E-state index contributed by atoms with van der Waals surface area (Å²) in [5.41, 5.74) is 20.7. The van der Waals surface area contributed by atoms with Crippen LogP contribution in [-0.4, -0.2) is 27.4 Å². The number of aromatic nitrogens is 6. The van der Waals surface area contributed by atoms with Gasteiger partial charge < -0.3 is 27.4 Å². The molecule has 22 aromatic rings. The summed E-state index contributed by atoms with van der Waals surface area (Å²) in [6.45, 7) is 4.51. The number of fused-ring (bicyclic) bond motifs is 18. The zero-order valence-corrected chi connectivity index (χ0v) is 56.1. The summed E-state index contributed by atoms with van der Waals surface area (Å²) in [5.74, 6) is 0. The minimum Gasteiger partial charge on any atom is -0.309 e. The molecule has 16 aromatic carbocycles. The number of aryl methyl sites for hydroxylation is 2. The third-order valence-corrected chi connectivity index (χ3v) is 20.8. The highest BCUT2D eigenvalue weighted by molar-refractivity contribution is 6.15. The van der Waals surface area contributed by atoms with Crippen LogP contribution < -0.4 is 0 Å². The summed E-state index contributed by atoms with van der Waals surface area (Å²) in [6.07, 6.45) is 0. The molecule has 6 nitrogen and oxygen atoms in total. The Balaban J connectivity index is 0.000000152. The topological polar surface area (TPSA) is 29.6 Å². The monoisotopic (exact) mass is 1340 g/mol. The lowest BCUT2D eigenvalue weighted by Crippen LogP contribution is -1.99. The lowest BCUT2D eigenvalue weighted by Gasteiger charge is -2.15. The molecular formula is C98H66N6. The molecule has 0 saturated carbocycles. The molecule has 6 aromatic heterocycles. The lowest BCUT2D eigenvalue weighted by molar-refractivity contribution is 1.13. The maximum Gasteiger partial charge on any atom is 0.0645 e. The van der Waals surface area contributed by atoms with E-state index in [1.165, 1.54) is 102 Å². The van der Waals surface area contributed by atoms with E-state index < -0.39 is 72.5 Å².